The summed E-state index contributed by atoms with van der Waals surface area (Å²) in [6.45, 7) is 4.56. The second-order valence-electron chi connectivity index (χ2n) is 1.000. The first kappa shape index (κ1) is 4.22. The quantitative estimate of drug-likeness (QED) is 0.400. The lowest BCUT2D eigenvalue weighted by atomic mass is 11.0. The second kappa shape index (κ2) is 3.22. The van der Waals surface area contributed by atoms with Crippen molar-refractivity contribution >= 4 is 9.52 Å². The minimum Gasteiger partial charge on any atom is -0.0748 e. The molecule has 0 aliphatic carbocycles. The Balaban J connectivity index is 1.97. The minimum absolute atomic E-state index is 0.424. The standard InChI is InChI=1S/C3H10Si/c1-3-4-2/h3-4H2,1-2H3. The number of hydrogen-bond donors (Lipinski definition) is 0. The van der Waals surface area contributed by atoms with Gasteiger partial charge in [0, 0.05) is 9.52 Å². The van der Waals surface area contributed by atoms with Crippen LogP contribution in [0.2, 0.25) is 12.6 Å². The van der Waals surface area contributed by atoms with E-state index in [-0.39, 0.29) is 0 Å². The summed E-state index contributed by atoms with van der Waals surface area (Å²) in [5.74, 6) is 0. The van der Waals surface area contributed by atoms with Gasteiger partial charge in [-0.05, 0) is 0 Å². The van der Waals surface area contributed by atoms with E-state index >= 15 is 0 Å². The predicted octanol–water partition coefficient (Wildman–Crippen LogP) is 0.641. The first-order valence-corrected chi connectivity index (χ1v) is 4.33. The van der Waals surface area contributed by atoms with Gasteiger partial charge in [-0.3, -0.25) is 0 Å². The van der Waals surface area contributed by atoms with Gasteiger partial charge >= 0.3 is 0 Å². The van der Waals surface area contributed by atoms with E-state index < -0.39 is 0 Å². The molecule has 4 heavy (non-hydrogen) atoms. The van der Waals surface area contributed by atoms with E-state index in [4.69, 9.17) is 0 Å². The molecule has 0 aromatic heterocycles. The van der Waals surface area contributed by atoms with Crippen LogP contribution in [0.1, 0.15) is 6.92 Å². The monoisotopic (exact) mass is 74.1 g/mol. The molecule has 1 heteroatoms. The Morgan fingerprint density at radius 2 is 2.00 bits per heavy atom. The van der Waals surface area contributed by atoms with Gasteiger partial charge in [0.1, 0.15) is 0 Å². The van der Waals surface area contributed by atoms with Gasteiger partial charge in [-0.2, -0.15) is 0 Å². The van der Waals surface area contributed by atoms with E-state index in [9.17, 15) is 0 Å². The predicted molar refractivity (Wildman–Crippen MR) is 24.9 cm³/mol. The summed E-state index contributed by atoms with van der Waals surface area (Å²) in [5, 5.41) is 0. The van der Waals surface area contributed by atoms with Crippen molar-refractivity contribution in [3.8, 4) is 0 Å². The molecule has 0 radical (unpaired) electrons. The van der Waals surface area contributed by atoms with Crippen LogP contribution in [0.5, 0.6) is 0 Å². The first-order valence-electron chi connectivity index (χ1n) is 1.91. The van der Waals surface area contributed by atoms with Crippen molar-refractivity contribution in [1.29, 1.82) is 0 Å². The van der Waals surface area contributed by atoms with Gasteiger partial charge in [0.05, 0.1) is 0 Å². The molecule has 0 aromatic rings. The van der Waals surface area contributed by atoms with E-state index in [1.54, 1.807) is 0 Å². The maximum Gasteiger partial charge on any atom is 0.0163 e. The van der Waals surface area contributed by atoms with Gasteiger partial charge in [-0.15, -0.1) is 0 Å². The van der Waals surface area contributed by atoms with E-state index in [1.807, 2.05) is 0 Å². The number of rotatable bonds is 1. The molecule has 26 valence electrons. The van der Waals surface area contributed by atoms with Crippen LogP contribution in [0.3, 0.4) is 0 Å². The minimum atomic E-state index is 0.424. The highest BCUT2D eigenvalue weighted by molar-refractivity contribution is 6.33. The molecular weight excluding hydrogens is 64.1 g/mol. The summed E-state index contributed by atoms with van der Waals surface area (Å²) in [5.41, 5.74) is 0. The maximum absolute atomic E-state index is 2.32. The lowest BCUT2D eigenvalue weighted by molar-refractivity contribution is 1.45. The van der Waals surface area contributed by atoms with E-state index in [0.29, 0.717) is 9.52 Å². The van der Waals surface area contributed by atoms with Crippen molar-refractivity contribution in [3.63, 3.8) is 0 Å². The van der Waals surface area contributed by atoms with Crippen molar-refractivity contribution in [1.82, 2.24) is 0 Å². The molecule has 0 rings (SSSR count). The van der Waals surface area contributed by atoms with Crippen molar-refractivity contribution in [2.24, 2.45) is 0 Å². The Bertz CT molecular complexity index is 5.25. The third-order valence-electron chi connectivity index (χ3n) is 0.500. The van der Waals surface area contributed by atoms with E-state index in [0.717, 1.165) is 0 Å². The van der Waals surface area contributed by atoms with Gasteiger partial charge in [0.25, 0.3) is 0 Å². The zero-order valence-corrected chi connectivity index (χ0v) is 4.83. The molecule has 0 heterocycles. The molecule has 0 saturated carbocycles. The molecule has 0 bridgehead atoms. The van der Waals surface area contributed by atoms with E-state index in [2.05, 4.69) is 13.5 Å². The van der Waals surface area contributed by atoms with Crippen molar-refractivity contribution in [2.45, 2.75) is 19.5 Å². The zero-order valence-electron chi connectivity index (χ0n) is 3.41. The van der Waals surface area contributed by atoms with Crippen LogP contribution in [0.25, 0.3) is 0 Å². The van der Waals surface area contributed by atoms with Crippen LogP contribution < -0.4 is 0 Å². The molecule has 0 saturated heterocycles. The summed E-state index contributed by atoms with van der Waals surface area (Å²) in [7, 11) is 0.424. The molecule has 0 N–H and O–H groups in total. The van der Waals surface area contributed by atoms with Crippen molar-refractivity contribution in [2.75, 3.05) is 0 Å². The van der Waals surface area contributed by atoms with Crippen LogP contribution in [0.15, 0.2) is 0 Å². The topological polar surface area (TPSA) is 0 Å². The zero-order chi connectivity index (χ0) is 3.41. The highest BCUT2D eigenvalue weighted by atomic mass is 28.2. The summed E-state index contributed by atoms with van der Waals surface area (Å²) < 4.78 is 0. The average molecular weight is 74.2 g/mol. The molecule has 0 aliphatic heterocycles. The van der Waals surface area contributed by atoms with Crippen molar-refractivity contribution in [3.05, 3.63) is 0 Å². The molecule has 0 nitrogen and oxygen atoms in total. The molecule has 0 aliphatic rings. The summed E-state index contributed by atoms with van der Waals surface area (Å²) in [6.07, 6.45) is 0. The lowest BCUT2D eigenvalue weighted by Gasteiger charge is -1.66. The smallest absolute Gasteiger partial charge is 0.0163 e. The van der Waals surface area contributed by atoms with E-state index in [1.165, 1.54) is 6.04 Å². The fourth-order valence-electron chi connectivity index (χ4n) is 0. The van der Waals surface area contributed by atoms with Crippen LogP contribution >= 0.6 is 0 Å². The van der Waals surface area contributed by atoms with Gasteiger partial charge in [0.2, 0.25) is 0 Å². The molecule has 0 atom stereocenters. The van der Waals surface area contributed by atoms with Gasteiger partial charge < -0.3 is 0 Å². The Hall–Kier alpha value is 0.217. The Kier molecular flexibility index (Phi) is 3.39. The molecule has 0 fully saturated rings. The fourth-order valence-corrected chi connectivity index (χ4v) is 0. The highest BCUT2D eigenvalue weighted by Gasteiger charge is 1.58. The van der Waals surface area contributed by atoms with Gasteiger partial charge in [0.15, 0.2) is 0 Å². The lowest BCUT2D eigenvalue weighted by Crippen LogP contribution is -1.67. The Morgan fingerprint density at radius 3 is 2.00 bits per heavy atom. The average Bonchev–Trinajstić information content (AvgIpc) is 1.37. The SMILES string of the molecule is CC[SiH2]C. The maximum atomic E-state index is 2.32. The second-order valence-corrected chi connectivity index (χ2v) is 3.00. The molecule has 0 unspecified atom stereocenters. The Morgan fingerprint density at radius 1 is 1.75 bits per heavy atom. The molecule has 0 spiro atoms. The molecule has 0 amide bonds. The molecular formula is C3H10Si. The van der Waals surface area contributed by atoms with Crippen LogP contribution in [0, 0.1) is 0 Å². The van der Waals surface area contributed by atoms with Crippen LogP contribution in [-0.2, 0) is 0 Å². The summed E-state index contributed by atoms with van der Waals surface area (Å²) in [6, 6.07) is 1.46. The van der Waals surface area contributed by atoms with Gasteiger partial charge in [-0.1, -0.05) is 19.5 Å². The highest BCUT2D eigenvalue weighted by Crippen LogP contribution is 1.64. The summed E-state index contributed by atoms with van der Waals surface area (Å²) in [4.78, 5) is 0. The normalized spacial score (nSPS) is 10.5. The van der Waals surface area contributed by atoms with Crippen molar-refractivity contribution < 1.29 is 0 Å². The summed E-state index contributed by atoms with van der Waals surface area (Å²) >= 11 is 0. The number of hydrogen-bond acceptors (Lipinski definition) is 0. The first-order chi connectivity index (χ1) is 1.91. The van der Waals surface area contributed by atoms with Crippen LogP contribution in [-0.4, -0.2) is 9.52 Å². The molecule has 0 aromatic carbocycles. The Labute approximate surface area is 30.0 Å². The van der Waals surface area contributed by atoms with Crippen LogP contribution in [0.4, 0.5) is 0 Å². The largest absolute Gasteiger partial charge is 0.0748 e. The third kappa shape index (κ3) is 2.22. The fraction of sp³-hybridized carbons (Fsp3) is 1.00. The third-order valence-corrected chi connectivity index (χ3v) is 1.50. The van der Waals surface area contributed by atoms with Gasteiger partial charge in [-0.25, -0.2) is 0 Å².